The van der Waals surface area contributed by atoms with E-state index in [4.69, 9.17) is 4.74 Å². The van der Waals surface area contributed by atoms with Crippen molar-refractivity contribution in [3.63, 3.8) is 0 Å². The molecule has 5 aromatic rings. The second kappa shape index (κ2) is 13.2. The molecule has 2 N–H and O–H groups in total. The number of hydrogen-bond donors (Lipinski definition) is 2. The fourth-order valence-corrected chi connectivity index (χ4v) is 6.52. The van der Waals surface area contributed by atoms with Crippen molar-refractivity contribution in [2.24, 2.45) is 13.0 Å². The molecule has 7 rings (SSSR count). The molecule has 0 spiro atoms. The van der Waals surface area contributed by atoms with Gasteiger partial charge < -0.3 is 29.7 Å². The molecule has 12 heteroatoms. The number of ether oxygens (including phenoxy) is 1. The number of Topliss-reactive ketones (excluding diaryl/α,β-unsaturated/α-hetero) is 1. The van der Waals surface area contributed by atoms with Crippen LogP contribution >= 0.6 is 0 Å². The summed E-state index contributed by atoms with van der Waals surface area (Å²) in [5.74, 6) is 0.431. The van der Waals surface area contributed by atoms with Crippen molar-refractivity contribution < 1.29 is 19.1 Å². The zero-order valence-corrected chi connectivity index (χ0v) is 27.5. The Morgan fingerprint density at radius 3 is 2.59 bits per heavy atom. The summed E-state index contributed by atoms with van der Waals surface area (Å²) in [6, 6.07) is 11.9. The van der Waals surface area contributed by atoms with E-state index in [2.05, 4.69) is 30.5 Å². The Kier molecular flexibility index (Phi) is 8.52. The van der Waals surface area contributed by atoms with Crippen LogP contribution in [0.25, 0.3) is 17.1 Å². The quantitative estimate of drug-likeness (QED) is 0.210. The highest BCUT2D eigenvalue weighted by molar-refractivity contribution is 6.16. The van der Waals surface area contributed by atoms with Crippen LogP contribution in [0.15, 0.2) is 85.4 Å². The van der Waals surface area contributed by atoms with Crippen LogP contribution in [-0.4, -0.2) is 62.3 Å². The van der Waals surface area contributed by atoms with Crippen molar-refractivity contribution in [1.82, 2.24) is 24.4 Å². The first kappa shape index (κ1) is 31.6. The minimum atomic E-state index is -0.452. The zero-order valence-electron chi connectivity index (χ0n) is 27.5. The molecular formula is C37H36N8O4. The number of carbonyl (C=O) groups is 3. The number of allylic oxidation sites excluding steroid dienone is 1. The average molecular weight is 657 g/mol. The monoisotopic (exact) mass is 656 g/mol. The normalized spacial score (nSPS) is 15.3. The van der Waals surface area contributed by atoms with Gasteiger partial charge in [0.2, 0.25) is 11.7 Å². The maximum atomic E-state index is 13.5. The molecule has 49 heavy (non-hydrogen) atoms. The number of aromatic nitrogens is 4. The summed E-state index contributed by atoms with van der Waals surface area (Å²) in [6.07, 6.45) is 13.7. The Labute approximate surface area is 283 Å². The second-order valence-corrected chi connectivity index (χ2v) is 12.5. The van der Waals surface area contributed by atoms with Gasteiger partial charge in [0.05, 0.1) is 17.4 Å². The summed E-state index contributed by atoms with van der Waals surface area (Å²) >= 11 is 0. The first-order valence-electron chi connectivity index (χ1n) is 16.1. The summed E-state index contributed by atoms with van der Waals surface area (Å²) in [6.45, 7) is 4.00. The standard InChI is InChI=1S/C37H36N8O4/c1-23-19-39-13-8-25(23)21-44(3)36(47)24-10-15-45(16-11-24)30-9-14-40-35-33(30)26(22-43(35)2)17-32-34(46)29-18-27(6-7-31(29)49-32)41-37(48)42-28-5-4-12-38-20-28/h4-9,12-14,17-20,22,24H,10-11,15-16,21H2,1-3H3,(H2,41,42,48). The highest BCUT2D eigenvalue weighted by atomic mass is 16.5. The summed E-state index contributed by atoms with van der Waals surface area (Å²) in [4.78, 5) is 56.4. The average Bonchev–Trinajstić information content (AvgIpc) is 3.60. The van der Waals surface area contributed by atoms with Crippen LogP contribution in [0, 0.1) is 12.8 Å². The van der Waals surface area contributed by atoms with E-state index in [1.807, 2.05) is 55.0 Å². The molecule has 2 aliphatic rings. The molecule has 248 valence electrons. The summed E-state index contributed by atoms with van der Waals surface area (Å²) in [5.41, 5.74) is 6.12. The number of rotatable bonds is 7. The van der Waals surface area contributed by atoms with Gasteiger partial charge in [-0.25, -0.2) is 9.78 Å². The lowest BCUT2D eigenvalue weighted by Crippen LogP contribution is -2.41. The second-order valence-electron chi connectivity index (χ2n) is 12.5. The number of fused-ring (bicyclic) bond motifs is 2. The van der Waals surface area contributed by atoms with Crippen molar-refractivity contribution in [2.75, 3.05) is 35.7 Å². The van der Waals surface area contributed by atoms with Gasteiger partial charge in [0, 0.05) is 93.0 Å². The smallest absolute Gasteiger partial charge is 0.323 e. The number of nitrogens with zero attached hydrogens (tertiary/aromatic N) is 6. The summed E-state index contributed by atoms with van der Waals surface area (Å²) in [5, 5.41) is 6.38. The van der Waals surface area contributed by atoms with E-state index in [9.17, 15) is 14.4 Å². The fraction of sp³-hybridized carbons (Fsp3) is 0.243. The number of ketones is 1. The van der Waals surface area contributed by atoms with Gasteiger partial charge in [-0.05, 0) is 79.4 Å². The van der Waals surface area contributed by atoms with Gasteiger partial charge in [0.15, 0.2) is 5.76 Å². The third-order valence-electron chi connectivity index (χ3n) is 9.10. The molecule has 0 atom stereocenters. The number of carbonyl (C=O) groups excluding carboxylic acids is 3. The predicted octanol–water partition coefficient (Wildman–Crippen LogP) is 5.81. The van der Waals surface area contributed by atoms with Crippen molar-refractivity contribution in [3.8, 4) is 5.75 Å². The minimum Gasteiger partial charge on any atom is -0.452 e. The highest BCUT2D eigenvalue weighted by Crippen LogP contribution is 2.37. The third-order valence-corrected chi connectivity index (χ3v) is 9.10. The summed E-state index contributed by atoms with van der Waals surface area (Å²) < 4.78 is 7.96. The third kappa shape index (κ3) is 6.45. The van der Waals surface area contributed by atoms with Gasteiger partial charge in [-0.2, -0.15) is 0 Å². The van der Waals surface area contributed by atoms with Gasteiger partial charge in [0.1, 0.15) is 11.4 Å². The van der Waals surface area contributed by atoms with Crippen LogP contribution in [0.1, 0.15) is 39.9 Å². The van der Waals surface area contributed by atoms with Crippen LogP contribution in [-0.2, 0) is 18.4 Å². The molecule has 12 nitrogen and oxygen atoms in total. The fourth-order valence-electron chi connectivity index (χ4n) is 6.52. The summed E-state index contributed by atoms with van der Waals surface area (Å²) in [7, 11) is 3.79. The SMILES string of the molecule is Cc1cnccc1CN(C)C(=O)C1CCN(c2ccnc3c2c(C=C2Oc4ccc(NC(=O)Nc5cccnc5)cc4C2=O)cn3C)CC1. The van der Waals surface area contributed by atoms with Crippen molar-refractivity contribution in [1.29, 1.82) is 0 Å². The number of nitrogens with one attached hydrogen (secondary N) is 2. The van der Waals surface area contributed by atoms with E-state index in [1.54, 1.807) is 61.2 Å². The molecule has 0 aliphatic carbocycles. The molecule has 0 radical (unpaired) electrons. The molecule has 3 amide bonds. The van der Waals surface area contributed by atoms with Gasteiger partial charge in [-0.3, -0.25) is 19.6 Å². The molecule has 1 saturated heterocycles. The Morgan fingerprint density at radius 1 is 1.02 bits per heavy atom. The van der Waals surface area contributed by atoms with E-state index in [-0.39, 0.29) is 23.4 Å². The number of anilines is 3. The first-order chi connectivity index (χ1) is 23.7. The van der Waals surface area contributed by atoms with E-state index in [0.29, 0.717) is 42.3 Å². The topological polar surface area (TPSA) is 135 Å². The molecule has 1 fully saturated rings. The van der Waals surface area contributed by atoms with Gasteiger partial charge in [-0.15, -0.1) is 0 Å². The number of pyridine rings is 3. The molecule has 0 bridgehead atoms. The molecule has 0 unspecified atom stereocenters. The zero-order chi connectivity index (χ0) is 34.1. The number of piperidine rings is 1. The molecular weight excluding hydrogens is 620 g/mol. The molecule has 0 saturated carbocycles. The molecule has 1 aromatic carbocycles. The maximum Gasteiger partial charge on any atom is 0.323 e. The van der Waals surface area contributed by atoms with Gasteiger partial charge in [0.25, 0.3) is 0 Å². The maximum absolute atomic E-state index is 13.5. The highest BCUT2D eigenvalue weighted by Gasteiger charge is 2.31. The van der Waals surface area contributed by atoms with E-state index in [0.717, 1.165) is 46.3 Å². The lowest BCUT2D eigenvalue weighted by Gasteiger charge is -2.35. The van der Waals surface area contributed by atoms with Crippen LogP contribution in [0.3, 0.4) is 0 Å². The Hall–Kier alpha value is -6.04. The predicted molar refractivity (Wildman–Crippen MR) is 187 cm³/mol. The minimum absolute atomic E-state index is 0.0538. The van der Waals surface area contributed by atoms with Crippen LogP contribution in [0.4, 0.5) is 21.9 Å². The van der Waals surface area contributed by atoms with E-state index < -0.39 is 6.03 Å². The lowest BCUT2D eigenvalue weighted by molar-refractivity contribution is -0.135. The number of amides is 3. The Morgan fingerprint density at radius 2 is 1.82 bits per heavy atom. The van der Waals surface area contributed by atoms with Crippen molar-refractivity contribution in [3.05, 3.63) is 108 Å². The Bertz CT molecular complexity index is 2100. The van der Waals surface area contributed by atoms with Crippen molar-refractivity contribution in [2.45, 2.75) is 26.3 Å². The molecule has 6 heterocycles. The largest absolute Gasteiger partial charge is 0.452 e. The van der Waals surface area contributed by atoms with Crippen LogP contribution in [0.5, 0.6) is 5.75 Å². The molecule has 2 aliphatic heterocycles. The molecule has 4 aromatic heterocycles. The van der Waals surface area contributed by atoms with E-state index >= 15 is 0 Å². The van der Waals surface area contributed by atoms with Crippen LogP contribution in [0.2, 0.25) is 0 Å². The first-order valence-corrected chi connectivity index (χ1v) is 16.1. The van der Waals surface area contributed by atoms with E-state index in [1.165, 1.54) is 0 Å². The number of hydrogen-bond acceptors (Lipinski definition) is 8. The Balaban J connectivity index is 1.06. The van der Waals surface area contributed by atoms with Crippen molar-refractivity contribution >= 4 is 51.9 Å². The number of urea groups is 1. The lowest BCUT2D eigenvalue weighted by atomic mass is 9.94. The van der Waals surface area contributed by atoms with Gasteiger partial charge in [-0.1, -0.05) is 0 Å². The van der Waals surface area contributed by atoms with Crippen LogP contribution < -0.4 is 20.3 Å². The number of aryl methyl sites for hydroxylation is 2. The number of benzene rings is 1. The van der Waals surface area contributed by atoms with Gasteiger partial charge >= 0.3 is 6.03 Å².